The van der Waals surface area contributed by atoms with Crippen LogP contribution in [0, 0.1) is 11.6 Å². The summed E-state index contributed by atoms with van der Waals surface area (Å²) in [4.78, 5) is 4.51. The van der Waals surface area contributed by atoms with Gasteiger partial charge in [0.2, 0.25) is 0 Å². The first-order valence-corrected chi connectivity index (χ1v) is 11.5. The van der Waals surface area contributed by atoms with Crippen molar-refractivity contribution in [3.63, 3.8) is 0 Å². The Balaban J connectivity index is 1.61. The van der Waals surface area contributed by atoms with Crippen molar-refractivity contribution in [1.82, 2.24) is 14.3 Å². The van der Waals surface area contributed by atoms with Crippen LogP contribution in [0.3, 0.4) is 0 Å². The van der Waals surface area contributed by atoms with Crippen LogP contribution >= 0.6 is 46.8 Å². The fraction of sp³-hybridized carbons (Fsp3) is 0.0870. The Bertz CT molecular complexity index is 1230. The summed E-state index contributed by atoms with van der Waals surface area (Å²) in [6, 6.07) is 16.1. The second-order valence-corrected chi connectivity index (χ2v) is 8.97. The molecule has 0 atom stereocenters. The summed E-state index contributed by atoms with van der Waals surface area (Å²) in [5, 5.41) is 1.91. The quantitative estimate of drug-likeness (QED) is 0.261. The van der Waals surface area contributed by atoms with E-state index in [1.165, 1.54) is 30.1 Å². The van der Waals surface area contributed by atoms with Gasteiger partial charge in [-0.15, -0.1) is 0 Å². The molecule has 0 amide bonds. The maximum Gasteiger partial charge on any atom is 0.188 e. The number of hydrogen-bond acceptors (Lipinski definition) is 3. The van der Waals surface area contributed by atoms with Crippen LogP contribution in [0.15, 0.2) is 72.0 Å². The van der Waals surface area contributed by atoms with Crippen LogP contribution in [0.5, 0.6) is 0 Å². The molecule has 1 aromatic heterocycles. The van der Waals surface area contributed by atoms with Gasteiger partial charge in [0.15, 0.2) is 5.16 Å². The van der Waals surface area contributed by atoms with Gasteiger partial charge >= 0.3 is 0 Å². The van der Waals surface area contributed by atoms with Gasteiger partial charge in [0.05, 0.1) is 16.2 Å². The zero-order valence-corrected chi connectivity index (χ0v) is 19.5. The van der Waals surface area contributed by atoms with Gasteiger partial charge < -0.3 is 0 Å². The lowest BCUT2D eigenvalue weighted by Crippen LogP contribution is -2.09. The van der Waals surface area contributed by atoms with Gasteiger partial charge in [-0.25, -0.2) is 13.8 Å². The summed E-state index contributed by atoms with van der Waals surface area (Å²) in [7, 11) is 0. The molecule has 3 nitrogen and oxygen atoms in total. The number of nitrogens with zero attached hydrogens (tertiary/aromatic N) is 2. The average Bonchev–Trinajstić information content (AvgIpc) is 3.16. The Morgan fingerprint density at radius 3 is 2.41 bits per heavy atom. The fourth-order valence-electron chi connectivity index (χ4n) is 3.16. The zero-order chi connectivity index (χ0) is 22.7. The second-order valence-electron chi connectivity index (χ2n) is 6.89. The van der Waals surface area contributed by atoms with Crippen molar-refractivity contribution < 1.29 is 8.78 Å². The average molecular weight is 511 g/mol. The van der Waals surface area contributed by atoms with Gasteiger partial charge in [0, 0.05) is 34.9 Å². The molecular formula is C23H16Cl3F2N3S. The van der Waals surface area contributed by atoms with Crippen LogP contribution in [0.4, 0.5) is 8.78 Å². The summed E-state index contributed by atoms with van der Waals surface area (Å²) in [5.41, 5.74) is 2.93. The minimum Gasteiger partial charge on any atom is -0.290 e. The van der Waals surface area contributed by atoms with Gasteiger partial charge in [-0.1, -0.05) is 46.9 Å². The molecule has 0 unspecified atom stereocenters. The number of halogens is 5. The van der Waals surface area contributed by atoms with Crippen LogP contribution in [-0.4, -0.2) is 9.55 Å². The Morgan fingerprint density at radius 1 is 0.906 bits per heavy atom. The molecule has 1 heterocycles. The van der Waals surface area contributed by atoms with Gasteiger partial charge in [-0.2, -0.15) is 0 Å². The summed E-state index contributed by atoms with van der Waals surface area (Å²) in [6.45, 7) is 0.203. The Kier molecular flexibility index (Phi) is 7.38. The van der Waals surface area contributed by atoms with E-state index in [1.807, 2.05) is 10.6 Å². The number of benzene rings is 3. The lowest BCUT2D eigenvalue weighted by atomic mass is 10.1. The van der Waals surface area contributed by atoms with E-state index < -0.39 is 0 Å². The van der Waals surface area contributed by atoms with Gasteiger partial charge in [0.25, 0.3) is 0 Å². The molecule has 0 aliphatic carbocycles. The topological polar surface area (TPSA) is 29.9 Å². The molecule has 4 rings (SSSR count). The third-order valence-electron chi connectivity index (χ3n) is 4.73. The number of hydrogen-bond donors (Lipinski definition) is 1. The van der Waals surface area contributed by atoms with E-state index in [-0.39, 0.29) is 18.2 Å². The number of aromatic nitrogens is 2. The monoisotopic (exact) mass is 509 g/mol. The standard InChI is InChI=1S/C23H16Cl3F2N3S/c24-19-2-1-3-22(28)18(19)13-30-32-23-29-12-17(10-14-4-9-20(25)21(26)11-14)31(23)16-7-5-15(27)6-8-16/h1-9,11-12,30H,10,13H2. The van der Waals surface area contributed by atoms with Gasteiger partial charge in [-0.3, -0.25) is 9.29 Å². The van der Waals surface area contributed by atoms with E-state index >= 15 is 0 Å². The highest BCUT2D eigenvalue weighted by Gasteiger charge is 2.15. The number of imidazole rings is 1. The molecule has 0 bridgehead atoms. The van der Waals surface area contributed by atoms with Crippen molar-refractivity contribution in [1.29, 1.82) is 0 Å². The van der Waals surface area contributed by atoms with Crippen molar-refractivity contribution >= 4 is 46.8 Å². The molecule has 9 heteroatoms. The Hall–Kier alpha value is -2.09. The zero-order valence-electron chi connectivity index (χ0n) is 16.5. The minimum absolute atomic E-state index is 0.203. The molecule has 0 aliphatic rings. The largest absolute Gasteiger partial charge is 0.290 e. The van der Waals surface area contributed by atoms with E-state index in [4.69, 9.17) is 34.8 Å². The predicted octanol–water partition coefficient (Wildman–Crippen LogP) is 7.50. The highest BCUT2D eigenvalue weighted by atomic mass is 35.5. The second kappa shape index (κ2) is 10.2. The lowest BCUT2D eigenvalue weighted by Gasteiger charge is -2.13. The summed E-state index contributed by atoms with van der Waals surface area (Å²) >= 11 is 19.5. The Morgan fingerprint density at radius 2 is 1.69 bits per heavy atom. The van der Waals surface area contributed by atoms with Crippen LogP contribution < -0.4 is 4.72 Å². The van der Waals surface area contributed by atoms with Crippen molar-refractivity contribution in [2.75, 3.05) is 0 Å². The third kappa shape index (κ3) is 5.27. The van der Waals surface area contributed by atoms with Crippen LogP contribution in [0.2, 0.25) is 15.1 Å². The van der Waals surface area contributed by atoms with Gasteiger partial charge in [0.1, 0.15) is 11.6 Å². The number of rotatable bonds is 7. The van der Waals surface area contributed by atoms with Crippen molar-refractivity contribution in [2.24, 2.45) is 0 Å². The van der Waals surface area contributed by atoms with Crippen molar-refractivity contribution in [3.8, 4) is 5.69 Å². The smallest absolute Gasteiger partial charge is 0.188 e. The maximum absolute atomic E-state index is 14.1. The van der Waals surface area contributed by atoms with Crippen LogP contribution in [0.1, 0.15) is 16.8 Å². The van der Waals surface area contributed by atoms with E-state index in [0.717, 1.165) is 16.9 Å². The molecule has 0 aliphatic heterocycles. The fourth-order valence-corrected chi connectivity index (χ4v) is 4.48. The predicted molar refractivity (Wildman–Crippen MR) is 127 cm³/mol. The molecule has 4 aromatic rings. The molecule has 0 fully saturated rings. The van der Waals surface area contributed by atoms with Crippen LogP contribution in [-0.2, 0) is 13.0 Å². The minimum atomic E-state index is -0.382. The third-order valence-corrected chi connectivity index (χ3v) is 6.58. The first-order valence-electron chi connectivity index (χ1n) is 9.51. The molecule has 32 heavy (non-hydrogen) atoms. The highest BCUT2D eigenvalue weighted by Crippen LogP contribution is 2.28. The lowest BCUT2D eigenvalue weighted by molar-refractivity contribution is 0.608. The summed E-state index contributed by atoms with van der Waals surface area (Å²) in [6.07, 6.45) is 2.27. The van der Waals surface area contributed by atoms with E-state index in [0.29, 0.717) is 32.2 Å². The number of nitrogens with one attached hydrogen (secondary N) is 1. The molecule has 3 aromatic carbocycles. The first kappa shape index (κ1) is 23.1. The SMILES string of the molecule is Fc1ccc(-n2c(Cc3ccc(Cl)c(Cl)c3)cnc2SNCc2c(F)cccc2Cl)cc1. The van der Waals surface area contributed by atoms with Crippen molar-refractivity contribution in [2.45, 2.75) is 18.1 Å². The van der Waals surface area contributed by atoms with E-state index in [1.54, 1.807) is 42.6 Å². The maximum atomic E-state index is 14.1. The van der Waals surface area contributed by atoms with E-state index in [2.05, 4.69) is 9.71 Å². The van der Waals surface area contributed by atoms with E-state index in [9.17, 15) is 8.78 Å². The molecule has 1 N–H and O–H groups in total. The summed E-state index contributed by atoms with van der Waals surface area (Å²) < 4.78 is 32.6. The molecular weight excluding hydrogens is 495 g/mol. The Labute approximate surface area is 203 Å². The highest BCUT2D eigenvalue weighted by molar-refractivity contribution is 7.97. The molecule has 164 valence electrons. The van der Waals surface area contributed by atoms with Gasteiger partial charge in [-0.05, 0) is 66.0 Å². The van der Waals surface area contributed by atoms with Crippen LogP contribution in [0.25, 0.3) is 5.69 Å². The molecule has 0 saturated carbocycles. The first-order chi connectivity index (χ1) is 15.4. The molecule has 0 saturated heterocycles. The normalized spacial score (nSPS) is 11.2. The molecule has 0 spiro atoms. The summed E-state index contributed by atoms with van der Waals surface area (Å²) in [5.74, 6) is -0.714. The van der Waals surface area contributed by atoms with Crippen molar-refractivity contribution in [3.05, 3.63) is 110 Å². The molecule has 0 radical (unpaired) electrons.